The lowest BCUT2D eigenvalue weighted by Crippen LogP contribution is -2.45. The number of aromatic amines is 1. The quantitative estimate of drug-likeness (QED) is 0.712. The lowest BCUT2D eigenvalue weighted by Gasteiger charge is -2.30. The summed E-state index contributed by atoms with van der Waals surface area (Å²) in [6.07, 6.45) is -2.14. The maximum absolute atomic E-state index is 13.3. The molecule has 152 valence electrons. The average Bonchev–Trinajstić information content (AvgIpc) is 3.20. The van der Waals surface area contributed by atoms with Gasteiger partial charge in [-0.15, -0.1) is 0 Å². The SMILES string of the molecule is O=c1cc(C(F)(F)F)c2cc(S(=O)(=O)N[C@H]3[C@H]4CC[C@H](C4)[C@H]3CO)ccc2[nH]1. The second-order valence-electron chi connectivity index (χ2n) is 7.58. The maximum atomic E-state index is 13.3. The number of pyridine rings is 1. The second-order valence-corrected chi connectivity index (χ2v) is 9.29. The maximum Gasteiger partial charge on any atom is 0.417 e. The first-order valence-corrected chi connectivity index (χ1v) is 10.5. The first-order valence-electron chi connectivity index (χ1n) is 8.97. The van der Waals surface area contributed by atoms with Crippen LogP contribution in [0, 0.1) is 17.8 Å². The van der Waals surface area contributed by atoms with Crippen molar-refractivity contribution >= 4 is 20.9 Å². The van der Waals surface area contributed by atoms with E-state index in [2.05, 4.69) is 9.71 Å². The van der Waals surface area contributed by atoms with Crippen molar-refractivity contribution in [3.63, 3.8) is 0 Å². The molecule has 0 spiro atoms. The molecule has 0 aliphatic heterocycles. The predicted molar refractivity (Wildman–Crippen MR) is 95.1 cm³/mol. The number of H-pyrrole nitrogens is 1. The van der Waals surface area contributed by atoms with Gasteiger partial charge in [-0.3, -0.25) is 4.79 Å². The van der Waals surface area contributed by atoms with Gasteiger partial charge in [0.25, 0.3) is 0 Å². The highest BCUT2D eigenvalue weighted by Gasteiger charge is 2.48. The number of aliphatic hydroxyl groups is 1. The molecule has 1 aromatic carbocycles. The zero-order valence-corrected chi connectivity index (χ0v) is 15.5. The van der Waals surface area contributed by atoms with Gasteiger partial charge in [-0.25, -0.2) is 13.1 Å². The highest BCUT2D eigenvalue weighted by Crippen LogP contribution is 2.48. The molecule has 6 nitrogen and oxygen atoms in total. The molecular formula is C18H19F3N2O4S. The second kappa shape index (κ2) is 6.57. The number of alkyl halides is 3. The Kier molecular flexibility index (Phi) is 4.55. The molecule has 2 aliphatic rings. The Morgan fingerprint density at radius 1 is 1.18 bits per heavy atom. The van der Waals surface area contributed by atoms with E-state index in [0.717, 1.165) is 31.4 Å². The van der Waals surface area contributed by atoms with Crippen LogP contribution in [0.5, 0.6) is 0 Å². The number of benzene rings is 1. The highest BCUT2D eigenvalue weighted by atomic mass is 32.2. The largest absolute Gasteiger partial charge is 0.417 e. The fraction of sp³-hybridized carbons (Fsp3) is 0.500. The molecule has 3 N–H and O–H groups in total. The van der Waals surface area contributed by atoms with E-state index in [-0.39, 0.29) is 40.2 Å². The molecule has 4 rings (SSSR count). The Morgan fingerprint density at radius 3 is 2.57 bits per heavy atom. The van der Waals surface area contributed by atoms with Crippen LogP contribution in [0.3, 0.4) is 0 Å². The van der Waals surface area contributed by atoms with E-state index in [1.54, 1.807) is 0 Å². The van der Waals surface area contributed by atoms with Crippen molar-refractivity contribution in [3.8, 4) is 0 Å². The highest BCUT2D eigenvalue weighted by molar-refractivity contribution is 7.89. The molecule has 1 aromatic heterocycles. The van der Waals surface area contributed by atoms with E-state index >= 15 is 0 Å². The van der Waals surface area contributed by atoms with Crippen molar-refractivity contribution in [1.29, 1.82) is 0 Å². The molecule has 2 saturated carbocycles. The van der Waals surface area contributed by atoms with E-state index in [1.165, 1.54) is 6.07 Å². The molecular weight excluding hydrogens is 397 g/mol. The van der Waals surface area contributed by atoms with Crippen LogP contribution >= 0.6 is 0 Å². The number of hydrogen-bond acceptors (Lipinski definition) is 4. The summed E-state index contributed by atoms with van der Waals surface area (Å²) in [5.41, 5.74) is -2.19. The van der Waals surface area contributed by atoms with Crippen LogP contribution in [0.4, 0.5) is 13.2 Å². The molecule has 0 amide bonds. The minimum Gasteiger partial charge on any atom is -0.396 e. The molecule has 2 aromatic rings. The fourth-order valence-corrected chi connectivity index (χ4v) is 6.12. The molecule has 2 aliphatic carbocycles. The van der Waals surface area contributed by atoms with Crippen LogP contribution in [-0.4, -0.2) is 31.2 Å². The summed E-state index contributed by atoms with van der Waals surface area (Å²) >= 11 is 0. The minimum absolute atomic E-state index is 0.0908. The number of halogens is 3. The van der Waals surface area contributed by atoms with Gasteiger partial charge in [-0.2, -0.15) is 13.2 Å². The predicted octanol–water partition coefficient (Wildman–Crippen LogP) is 2.23. The van der Waals surface area contributed by atoms with Gasteiger partial charge in [0.2, 0.25) is 15.6 Å². The molecule has 0 unspecified atom stereocenters. The Bertz CT molecular complexity index is 1080. The van der Waals surface area contributed by atoms with Crippen LogP contribution in [0.2, 0.25) is 0 Å². The van der Waals surface area contributed by atoms with Gasteiger partial charge in [0, 0.05) is 35.5 Å². The monoisotopic (exact) mass is 416 g/mol. The third-order valence-electron chi connectivity index (χ3n) is 6.02. The number of sulfonamides is 1. The van der Waals surface area contributed by atoms with Gasteiger partial charge >= 0.3 is 6.18 Å². The van der Waals surface area contributed by atoms with Crippen molar-refractivity contribution in [3.05, 3.63) is 40.2 Å². The lowest BCUT2D eigenvalue weighted by molar-refractivity contribution is -0.136. The molecule has 28 heavy (non-hydrogen) atoms. The van der Waals surface area contributed by atoms with Gasteiger partial charge in [0.05, 0.1) is 10.5 Å². The fourth-order valence-electron chi connectivity index (χ4n) is 4.74. The summed E-state index contributed by atoms with van der Waals surface area (Å²) in [6, 6.07) is 3.25. The first kappa shape index (κ1) is 19.4. The van der Waals surface area contributed by atoms with Crippen molar-refractivity contribution in [2.75, 3.05) is 6.61 Å². The smallest absolute Gasteiger partial charge is 0.396 e. The normalized spacial score (nSPS) is 27.6. The van der Waals surface area contributed by atoms with E-state index in [0.29, 0.717) is 6.07 Å². The number of fused-ring (bicyclic) bond motifs is 3. The molecule has 10 heteroatoms. The van der Waals surface area contributed by atoms with E-state index < -0.39 is 33.4 Å². The van der Waals surface area contributed by atoms with Crippen molar-refractivity contribution in [1.82, 2.24) is 9.71 Å². The number of aliphatic hydroxyl groups excluding tert-OH is 1. The van der Waals surface area contributed by atoms with Gasteiger partial charge in [-0.1, -0.05) is 0 Å². The molecule has 0 saturated heterocycles. The number of nitrogens with one attached hydrogen (secondary N) is 2. The van der Waals surface area contributed by atoms with Crippen LogP contribution < -0.4 is 10.3 Å². The molecule has 1 heterocycles. The topological polar surface area (TPSA) is 99.3 Å². The Balaban J connectivity index is 1.74. The summed E-state index contributed by atoms with van der Waals surface area (Å²) < 4.78 is 68.2. The Labute approximate surface area is 158 Å². The zero-order chi connectivity index (χ0) is 20.3. The number of hydrogen-bond donors (Lipinski definition) is 3. The number of aromatic nitrogens is 1. The van der Waals surface area contributed by atoms with Crippen molar-refractivity contribution < 1.29 is 26.7 Å². The molecule has 2 fully saturated rings. The third-order valence-corrected chi connectivity index (χ3v) is 7.48. The van der Waals surface area contributed by atoms with Gasteiger partial charge in [-0.05, 0) is 49.3 Å². The third kappa shape index (κ3) is 3.23. The summed E-state index contributed by atoms with van der Waals surface area (Å²) in [7, 11) is -4.09. The standard InChI is InChI=1S/C18H19F3N2O4S/c19-18(20,21)14-7-16(25)22-15-4-3-11(6-12(14)15)28(26,27)23-17-10-2-1-9(5-10)13(17)8-24/h3-4,6-7,9-10,13,17,23-24H,1-2,5,8H2,(H,22,25)/t9-,10+,13-,17+/m1/s1. The molecule has 4 atom stereocenters. The summed E-state index contributed by atoms with van der Waals surface area (Å²) in [5, 5.41) is 9.24. The molecule has 0 radical (unpaired) electrons. The lowest BCUT2D eigenvalue weighted by atomic mass is 9.86. The molecule has 2 bridgehead atoms. The van der Waals surface area contributed by atoms with Crippen molar-refractivity contribution in [2.24, 2.45) is 17.8 Å². The number of rotatable bonds is 4. The summed E-state index contributed by atoms with van der Waals surface area (Å²) in [4.78, 5) is 13.5. The summed E-state index contributed by atoms with van der Waals surface area (Å²) in [5.74, 6) is 0.205. The van der Waals surface area contributed by atoms with E-state index in [4.69, 9.17) is 0 Å². The van der Waals surface area contributed by atoms with Gasteiger partial charge in [0.15, 0.2) is 0 Å². The first-order chi connectivity index (χ1) is 13.1. The van der Waals surface area contributed by atoms with Crippen LogP contribution in [-0.2, 0) is 16.2 Å². The Morgan fingerprint density at radius 2 is 1.89 bits per heavy atom. The van der Waals surface area contributed by atoms with Crippen LogP contribution in [0.1, 0.15) is 24.8 Å². The summed E-state index contributed by atoms with van der Waals surface area (Å²) in [6.45, 7) is -0.133. The van der Waals surface area contributed by atoms with Crippen LogP contribution in [0.15, 0.2) is 34.0 Å². The van der Waals surface area contributed by atoms with E-state index in [9.17, 15) is 31.5 Å². The Hall–Kier alpha value is -1.91. The average molecular weight is 416 g/mol. The van der Waals surface area contributed by atoms with Gasteiger partial charge < -0.3 is 10.1 Å². The van der Waals surface area contributed by atoms with Crippen molar-refractivity contribution in [2.45, 2.75) is 36.4 Å². The van der Waals surface area contributed by atoms with Crippen LogP contribution in [0.25, 0.3) is 10.9 Å². The zero-order valence-electron chi connectivity index (χ0n) is 14.7. The van der Waals surface area contributed by atoms with Gasteiger partial charge in [0.1, 0.15) is 0 Å². The minimum atomic E-state index is -4.80. The van der Waals surface area contributed by atoms with E-state index in [1.807, 2.05) is 0 Å².